The van der Waals surface area contributed by atoms with Crippen molar-refractivity contribution in [3.05, 3.63) is 23.2 Å². The lowest BCUT2D eigenvalue weighted by atomic mass is 10.2. The van der Waals surface area contributed by atoms with Gasteiger partial charge in [0.05, 0.1) is 21.0 Å². The molecule has 1 aromatic carbocycles. The van der Waals surface area contributed by atoms with Gasteiger partial charge in [0.2, 0.25) is 0 Å². The minimum absolute atomic E-state index is 0.710. The van der Waals surface area contributed by atoms with Crippen LogP contribution in [0, 0.1) is 0 Å². The minimum Gasteiger partial charge on any atom is -0.495 e. The highest BCUT2D eigenvalue weighted by atomic mass is 35.5. The lowest BCUT2D eigenvalue weighted by Gasteiger charge is -1.99. The van der Waals surface area contributed by atoms with E-state index in [9.17, 15) is 0 Å². The van der Waals surface area contributed by atoms with Gasteiger partial charge >= 0.3 is 0 Å². The highest BCUT2D eigenvalue weighted by molar-refractivity contribution is 7.83. The van der Waals surface area contributed by atoms with Gasteiger partial charge in [-0.15, -0.1) is 24.0 Å². The lowest BCUT2D eigenvalue weighted by molar-refractivity contribution is 0.420. The van der Waals surface area contributed by atoms with E-state index in [4.69, 9.17) is 16.3 Å². The summed E-state index contributed by atoms with van der Waals surface area (Å²) in [6.45, 7) is 0. The van der Waals surface area contributed by atoms with Crippen molar-refractivity contribution in [2.45, 2.75) is 4.21 Å². The number of ether oxygens (including phenoxy) is 1. The molecule has 0 saturated carbocycles. The molecule has 1 aromatic heterocycles. The van der Waals surface area contributed by atoms with Gasteiger partial charge in [0, 0.05) is 5.39 Å². The predicted molar refractivity (Wildman–Crippen MR) is 60.6 cm³/mol. The smallest absolute Gasteiger partial charge is 0.136 e. The number of halogens is 1. The van der Waals surface area contributed by atoms with Gasteiger partial charge in [-0.3, -0.25) is 0 Å². The van der Waals surface area contributed by atoms with Gasteiger partial charge in [0.15, 0.2) is 0 Å². The van der Waals surface area contributed by atoms with Gasteiger partial charge in [-0.25, -0.2) is 0 Å². The van der Waals surface area contributed by atoms with Gasteiger partial charge in [-0.05, 0) is 6.07 Å². The molecule has 0 unspecified atom stereocenters. The Bertz CT molecular complexity index is 450. The number of benzene rings is 1. The molecule has 0 aliphatic rings. The summed E-state index contributed by atoms with van der Waals surface area (Å²) in [5.74, 6) is 0.852. The summed E-state index contributed by atoms with van der Waals surface area (Å²) >= 11 is 11.9. The molecule has 0 fully saturated rings. The molecular weight excluding hydrogens is 224 g/mol. The highest BCUT2D eigenvalue weighted by Crippen LogP contribution is 2.41. The molecule has 13 heavy (non-hydrogen) atoms. The third-order valence-corrected chi connectivity index (χ3v) is 3.98. The Balaban J connectivity index is 2.84. The molecule has 0 radical (unpaired) electrons. The van der Waals surface area contributed by atoms with Crippen LogP contribution in [0.4, 0.5) is 0 Å². The molecule has 0 spiro atoms. The number of methoxy groups -OCH3 is 1. The number of hydrogen-bond donors (Lipinski definition) is 1. The van der Waals surface area contributed by atoms with E-state index < -0.39 is 0 Å². The van der Waals surface area contributed by atoms with Crippen LogP contribution in [0.3, 0.4) is 0 Å². The first kappa shape index (κ1) is 9.19. The van der Waals surface area contributed by atoms with Crippen LogP contribution in [-0.2, 0) is 0 Å². The molecule has 0 aliphatic carbocycles. The van der Waals surface area contributed by atoms with Crippen molar-refractivity contribution in [3.8, 4) is 5.75 Å². The molecule has 4 heteroatoms. The van der Waals surface area contributed by atoms with Crippen LogP contribution in [0.1, 0.15) is 0 Å². The van der Waals surface area contributed by atoms with E-state index in [1.165, 1.54) is 11.3 Å². The minimum atomic E-state index is 0.710. The number of rotatable bonds is 1. The molecule has 0 amide bonds. The zero-order valence-corrected chi connectivity index (χ0v) is 9.34. The average Bonchev–Trinajstić information content (AvgIpc) is 2.43. The van der Waals surface area contributed by atoms with E-state index in [-0.39, 0.29) is 0 Å². The third-order valence-electron chi connectivity index (χ3n) is 1.82. The molecular formula is C9H7ClOS2. The average molecular weight is 231 g/mol. The van der Waals surface area contributed by atoms with Gasteiger partial charge < -0.3 is 4.74 Å². The summed E-state index contributed by atoms with van der Waals surface area (Å²) in [5.41, 5.74) is 0. The monoisotopic (exact) mass is 230 g/mol. The number of thiol groups is 1. The topological polar surface area (TPSA) is 9.23 Å². The first-order chi connectivity index (χ1) is 6.24. The molecule has 2 aromatic rings. The second-order valence-electron chi connectivity index (χ2n) is 2.56. The van der Waals surface area contributed by atoms with Crippen LogP contribution in [0.2, 0.25) is 5.02 Å². The van der Waals surface area contributed by atoms with Crippen molar-refractivity contribution in [3.63, 3.8) is 0 Å². The van der Waals surface area contributed by atoms with Crippen molar-refractivity contribution in [1.29, 1.82) is 0 Å². The largest absolute Gasteiger partial charge is 0.495 e. The Labute approximate surface area is 90.7 Å². The van der Waals surface area contributed by atoms with Gasteiger partial charge in [0.1, 0.15) is 5.75 Å². The SMILES string of the molecule is COc1cccc2c(Cl)c(S)sc12. The Kier molecular flexibility index (Phi) is 2.41. The van der Waals surface area contributed by atoms with E-state index in [0.29, 0.717) is 5.02 Å². The number of thiophene rings is 1. The van der Waals surface area contributed by atoms with Crippen LogP contribution in [0.15, 0.2) is 22.4 Å². The van der Waals surface area contributed by atoms with E-state index in [0.717, 1.165) is 20.0 Å². The van der Waals surface area contributed by atoms with Crippen LogP contribution in [0.25, 0.3) is 10.1 Å². The van der Waals surface area contributed by atoms with Crippen LogP contribution < -0.4 is 4.74 Å². The fourth-order valence-corrected chi connectivity index (χ4v) is 2.86. The maximum absolute atomic E-state index is 6.05. The normalized spacial score (nSPS) is 10.7. The Morgan fingerprint density at radius 1 is 1.46 bits per heavy atom. The van der Waals surface area contributed by atoms with Gasteiger partial charge in [-0.2, -0.15) is 0 Å². The standard InChI is InChI=1S/C9H7ClOS2/c1-11-6-4-2-3-5-7(10)9(12)13-8(5)6/h2-4,12H,1H3. The summed E-state index contributed by atoms with van der Waals surface area (Å²) in [4.78, 5) is 0. The zero-order valence-electron chi connectivity index (χ0n) is 6.87. The molecule has 1 heterocycles. The summed E-state index contributed by atoms with van der Waals surface area (Å²) in [6, 6.07) is 5.81. The second kappa shape index (κ2) is 3.40. The Hall–Kier alpha value is -0.380. The van der Waals surface area contributed by atoms with Crippen LogP contribution in [0.5, 0.6) is 5.75 Å². The van der Waals surface area contributed by atoms with Gasteiger partial charge in [0.25, 0.3) is 0 Å². The van der Waals surface area contributed by atoms with E-state index in [1.54, 1.807) is 7.11 Å². The maximum atomic E-state index is 6.05. The van der Waals surface area contributed by atoms with Crippen molar-refractivity contribution < 1.29 is 4.74 Å². The first-order valence-electron chi connectivity index (χ1n) is 3.68. The summed E-state index contributed by atoms with van der Waals surface area (Å²) in [6.07, 6.45) is 0. The molecule has 0 bridgehead atoms. The van der Waals surface area contributed by atoms with E-state index in [1.807, 2.05) is 18.2 Å². The molecule has 2 rings (SSSR count). The number of fused-ring (bicyclic) bond motifs is 1. The Morgan fingerprint density at radius 3 is 2.92 bits per heavy atom. The lowest BCUT2D eigenvalue weighted by Crippen LogP contribution is -1.80. The van der Waals surface area contributed by atoms with Crippen molar-refractivity contribution in [1.82, 2.24) is 0 Å². The highest BCUT2D eigenvalue weighted by Gasteiger charge is 2.10. The molecule has 0 atom stereocenters. The molecule has 0 aliphatic heterocycles. The van der Waals surface area contributed by atoms with Crippen LogP contribution >= 0.6 is 35.6 Å². The van der Waals surface area contributed by atoms with Gasteiger partial charge in [-0.1, -0.05) is 23.7 Å². The van der Waals surface area contributed by atoms with Crippen molar-refractivity contribution in [2.75, 3.05) is 7.11 Å². The summed E-state index contributed by atoms with van der Waals surface area (Å²) in [5, 5.41) is 1.72. The fourth-order valence-electron chi connectivity index (χ4n) is 1.21. The van der Waals surface area contributed by atoms with E-state index in [2.05, 4.69) is 12.6 Å². The molecule has 0 N–H and O–H groups in total. The third kappa shape index (κ3) is 1.41. The second-order valence-corrected chi connectivity index (χ2v) is 4.71. The number of hydrogen-bond acceptors (Lipinski definition) is 3. The summed E-state index contributed by atoms with van der Waals surface area (Å²) < 4.78 is 7.10. The quantitative estimate of drug-likeness (QED) is 0.733. The van der Waals surface area contributed by atoms with Crippen LogP contribution in [-0.4, -0.2) is 7.11 Å². The maximum Gasteiger partial charge on any atom is 0.136 e. The van der Waals surface area contributed by atoms with Crippen molar-refractivity contribution >= 4 is 45.7 Å². The summed E-state index contributed by atoms with van der Waals surface area (Å²) in [7, 11) is 1.65. The molecule has 68 valence electrons. The Morgan fingerprint density at radius 2 is 2.23 bits per heavy atom. The zero-order chi connectivity index (χ0) is 9.42. The predicted octanol–water partition coefficient (Wildman–Crippen LogP) is 3.85. The molecule has 1 nitrogen and oxygen atoms in total. The van der Waals surface area contributed by atoms with Crippen molar-refractivity contribution in [2.24, 2.45) is 0 Å². The van der Waals surface area contributed by atoms with E-state index >= 15 is 0 Å². The molecule has 0 saturated heterocycles. The first-order valence-corrected chi connectivity index (χ1v) is 5.32. The fraction of sp³-hybridized carbons (Fsp3) is 0.111.